The van der Waals surface area contributed by atoms with Crippen molar-refractivity contribution in [3.8, 4) is 11.5 Å². The summed E-state index contributed by atoms with van der Waals surface area (Å²) in [5, 5.41) is 2.56. The van der Waals surface area contributed by atoms with Gasteiger partial charge in [-0.15, -0.1) is 0 Å². The van der Waals surface area contributed by atoms with Crippen molar-refractivity contribution in [1.82, 2.24) is 4.90 Å². The molecule has 4 aromatic rings. The number of hydrogen-bond donors (Lipinski definition) is 0. The summed E-state index contributed by atoms with van der Waals surface area (Å²) in [4.78, 5) is 27.4. The Balaban J connectivity index is 1.33. The van der Waals surface area contributed by atoms with Gasteiger partial charge >= 0.3 is 0 Å². The monoisotopic (exact) mass is 515 g/mol. The first-order valence-corrected chi connectivity index (χ1v) is 12.5. The molecule has 7 heteroatoms. The van der Waals surface area contributed by atoms with Crippen LogP contribution in [0.5, 0.6) is 11.5 Å². The third-order valence-electron chi connectivity index (χ3n) is 5.82. The number of benzene rings is 4. The first-order valence-electron chi connectivity index (χ1n) is 11.3. The van der Waals surface area contributed by atoms with Crippen LogP contribution in [-0.4, -0.2) is 23.2 Å². The first-order chi connectivity index (χ1) is 17.5. The Morgan fingerprint density at radius 1 is 0.861 bits per heavy atom. The molecule has 2 amide bonds. The molecule has 1 aliphatic heterocycles. The van der Waals surface area contributed by atoms with Crippen LogP contribution in [0.25, 0.3) is 16.8 Å². The van der Waals surface area contributed by atoms with E-state index < -0.39 is 0 Å². The van der Waals surface area contributed by atoms with Crippen molar-refractivity contribution in [2.75, 3.05) is 7.11 Å². The lowest BCUT2D eigenvalue weighted by Crippen LogP contribution is -2.27. The highest BCUT2D eigenvalue weighted by molar-refractivity contribution is 8.18. The second kappa shape index (κ2) is 10.5. The van der Waals surface area contributed by atoms with Crippen molar-refractivity contribution in [2.45, 2.75) is 13.2 Å². The normalized spacial score (nSPS) is 14.6. The summed E-state index contributed by atoms with van der Waals surface area (Å²) >= 11 is 6.90. The lowest BCUT2D eigenvalue weighted by molar-refractivity contribution is -0.123. The molecule has 0 unspecified atom stereocenters. The fraction of sp³-hybridized carbons (Fsp3) is 0.103. The van der Waals surface area contributed by atoms with E-state index in [4.69, 9.17) is 21.1 Å². The highest BCUT2D eigenvalue weighted by atomic mass is 35.5. The van der Waals surface area contributed by atoms with Crippen LogP contribution in [0.15, 0.2) is 89.8 Å². The second-order valence-corrected chi connectivity index (χ2v) is 9.70. The number of carbonyl (C=O) groups excluding carboxylic acids is 2. The lowest BCUT2D eigenvalue weighted by atomic mass is 10.1. The SMILES string of the molecule is COc1ccc(/C=C2\SC(=O)N(Cc3ccc4ccccc4c3)C2=O)cc1OCc1ccc(Cl)cc1. The van der Waals surface area contributed by atoms with E-state index in [1.807, 2.05) is 72.8 Å². The smallest absolute Gasteiger partial charge is 0.293 e. The Morgan fingerprint density at radius 3 is 2.39 bits per heavy atom. The van der Waals surface area contributed by atoms with Gasteiger partial charge in [0.1, 0.15) is 6.61 Å². The summed E-state index contributed by atoms with van der Waals surface area (Å²) < 4.78 is 11.4. The predicted octanol–water partition coefficient (Wildman–Crippen LogP) is 7.32. The van der Waals surface area contributed by atoms with E-state index in [0.29, 0.717) is 28.0 Å². The molecule has 0 aromatic heterocycles. The first kappa shape index (κ1) is 24.0. The average Bonchev–Trinajstić information content (AvgIpc) is 3.15. The van der Waals surface area contributed by atoms with Crippen LogP contribution in [0.3, 0.4) is 0 Å². The number of carbonyl (C=O) groups is 2. The van der Waals surface area contributed by atoms with Gasteiger partial charge in [-0.1, -0.05) is 66.2 Å². The summed E-state index contributed by atoms with van der Waals surface area (Å²) in [5.74, 6) is 0.805. The Morgan fingerprint density at radius 2 is 1.61 bits per heavy atom. The number of methoxy groups -OCH3 is 1. The fourth-order valence-corrected chi connectivity index (χ4v) is 4.91. The fourth-order valence-electron chi connectivity index (χ4n) is 3.94. The molecule has 180 valence electrons. The zero-order chi connectivity index (χ0) is 25.1. The third-order valence-corrected chi connectivity index (χ3v) is 6.98. The van der Waals surface area contributed by atoms with Gasteiger partial charge in [0.15, 0.2) is 11.5 Å². The summed E-state index contributed by atoms with van der Waals surface area (Å²) in [6, 6.07) is 26.8. The molecule has 0 saturated carbocycles. The van der Waals surface area contributed by atoms with E-state index in [1.165, 1.54) is 4.90 Å². The molecule has 5 nitrogen and oxygen atoms in total. The number of imide groups is 1. The Labute approximate surface area is 218 Å². The van der Waals surface area contributed by atoms with Gasteiger partial charge in [0, 0.05) is 5.02 Å². The molecule has 1 saturated heterocycles. The van der Waals surface area contributed by atoms with Crippen LogP contribution in [0.2, 0.25) is 5.02 Å². The van der Waals surface area contributed by atoms with E-state index in [-0.39, 0.29) is 17.7 Å². The molecular weight excluding hydrogens is 494 g/mol. The third kappa shape index (κ3) is 5.25. The number of amides is 2. The van der Waals surface area contributed by atoms with Crippen LogP contribution >= 0.6 is 23.4 Å². The van der Waals surface area contributed by atoms with Crippen LogP contribution < -0.4 is 9.47 Å². The van der Waals surface area contributed by atoms with E-state index in [9.17, 15) is 9.59 Å². The predicted molar refractivity (Wildman–Crippen MR) is 144 cm³/mol. The maximum absolute atomic E-state index is 13.1. The van der Waals surface area contributed by atoms with Gasteiger partial charge in [-0.2, -0.15) is 0 Å². The Hall–Kier alpha value is -3.74. The maximum atomic E-state index is 13.1. The topological polar surface area (TPSA) is 55.8 Å². The molecule has 1 heterocycles. The van der Waals surface area contributed by atoms with E-state index in [2.05, 4.69) is 0 Å². The van der Waals surface area contributed by atoms with Crippen LogP contribution in [-0.2, 0) is 17.9 Å². The molecule has 0 spiro atoms. The molecule has 1 aliphatic rings. The van der Waals surface area contributed by atoms with Gasteiger partial charge in [0.05, 0.1) is 18.6 Å². The highest BCUT2D eigenvalue weighted by Crippen LogP contribution is 2.35. The number of halogens is 1. The van der Waals surface area contributed by atoms with Crippen molar-refractivity contribution in [3.63, 3.8) is 0 Å². The summed E-state index contributed by atoms with van der Waals surface area (Å²) in [6.07, 6.45) is 1.71. The van der Waals surface area contributed by atoms with Crippen LogP contribution in [0.4, 0.5) is 4.79 Å². The van der Waals surface area contributed by atoms with E-state index >= 15 is 0 Å². The molecule has 5 rings (SSSR count). The Bertz CT molecular complexity index is 1480. The minimum atomic E-state index is -0.308. The van der Waals surface area contributed by atoms with Crippen molar-refractivity contribution in [2.24, 2.45) is 0 Å². The molecule has 0 bridgehead atoms. The molecule has 1 fully saturated rings. The lowest BCUT2D eigenvalue weighted by Gasteiger charge is -2.13. The number of thioether (sulfide) groups is 1. The van der Waals surface area contributed by atoms with E-state index in [0.717, 1.165) is 39.2 Å². The van der Waals surface area contributed by atoms with Gasteiger partial charge in [0.25, 0.3) is 11.1 Å². The number of fused-ring (bicyclic) bond motifs is 1. The molecule has 0 radical (unpaired) electrons. The Kier molecular flexibility index (Phi) is 6.98. The second-order valence-electron chi connectivity index (χ2n) is 8.27. The zero-order valence-electron chi connectivity index (χ0n) is 19.4. The highest BCUT2D eigenvalue weighted by Gasteiger charge is 2.35. The number of rotatable bonds is 7. The molecule has 0 N–H and O–H groups in total. The van der Waals surface area contributed by atoms with E-state index in [1.54, 1.807) is 25.3 Å². The minimum absolute atomic E-state index is 0.227. The zero-order valence-corrected chi connectivity index (χ0v) is 21.0. The van der Waals surface area contributed by atoms with Crippen molar-refractivity contribution in [1.29, 1.82) is 0 Å². The minimum Gasteiger partial charge on any atom is -0.493 e. The van der Waals surface area contributed by atoms with Gasteiger partial charge in [0.2, 0.25) is 0 Å². The molecule has 4 aromatic carbocycles. The summed E-state index contributed by atoms with van der Waals surface area (Å²) in [6.45, 7) is 0.560. The molecule has 36 heavy (non-hydrogen) atoms. The standard InChI is InChI=1S/C29H22ClNO4S/c1-34-25-13-9-20(15-26(25)35-18-19-7-11-24(30)12-8-19)16-27-28(32)31(29(33)36-27)17-21-6-10-22-4-2-3-5-23(22)14-21/h2-16H,17-18H2,1H3/b27-16-. The summed E-state index contributed by atoms with van der Waals surface area (Å²) in [7, 11) is 1.57. The molecular formula is C29H22ClNO4S. The summed E-state index contributed by atoms with van der Waals surface area (Å²) in [5.41, 5.74) is 2.60. The van der Waals surface area contributed by atoms with Crippen molar-refractivity contribution in [3.05, 3.63) is 112 Å². The number of ether oxygens (including phenoxy) is 2. The molecule has 0 atom stereocenters. The van der Waals surface area contributed by atoms with Gasteiger partial charge in [-0.05, 0) is 75.6 Å². The number of nitrogens with zero attached hydrogens (tertiary/aromatic N) is 1. The maximum Gasteiger partial charge on any atom is 0.293 e. The van der Waals surface area contributed by atoms with Crippen LogP contribution in [0, 0.1) is 0 Å². The van der Waals surface area contributed by atoms with Crippen molar-refractivity contribution >= 4 is 51.4 Å². The number of hydrogen-bond acceptors (Lipinski definition) is 5. The van der Waals surface area contributed by atoms with Crippen molar-refractivity contribution < 1.29 is 19.1 Å². The van der Waals surface area contributed by atoms with Gasteiger partial charge < -0.3 is 9.47 Å². The molecule has 0 aliphatic carbocycles. The average molecular weight is 516 g/mol. The largest absolute Gasteiger partial charge is 0.493 e. The van der Waals surface area contributed by atoms with Gasteiger partial charge in [-0.3, -0.25) is 14.5 Å². The van der Waals surface area contributed by atoms with Crippen LogP contribution in [0.1, 0.15) is 16.7 Å². The quantitative estimate of drug-likeness (QED) is 0.241. The van der Waals surface area contributed by atoms with Gasteiger partial charge in [-0.25, -0.2) is 0 Å².